The van der Waals surface area contributed by atoms with Crippen LogP contribution in [0.5, 0.6) is 0 Å². The summed E-state index contributed by atoms with van der Waals surface area (Å²) >= 11 is 1.70. The first kappa shape index (κ1) is 13.2. The summed E-state index contributed by atoms with van der Waals surface area (Å²) < 4.78 is 3.68. The van der Waals surface area contributed by atoms with E-state index in [0.29, 0.717) is 18.1 Å². The molecule has 1 N–H and O–H groups in total. The van der Waals surface area contributed by atoms with Crippen LogP contribution in [0.4, 0.5) is 0 Å². The minimum absolute atomic E-state index is 0.587. The summed E-state index contributed by atoms with van der Waals surface area (Å²) in [5.74, 6) is 2.10. The molecular weight excluding hydrogens is 248 g/mol. The minimum atomic E-state index is -1.14. The van der Waals surface area contributed by atoms with Crippen LogP contribution in [0.25, 0.3) is 0 Å². The lowest BCUT2D eigenvalue weighted by Crippen LogP contribution is -2.34. The van der Waals surface area contributed by atoms with Gasteiger partial charge in [-0.1, -0.05) is 0 Å². The molecule has 0 bridgehead atoms. The highest BCUT2D eigenvalue weighted by molar-refractivity contribution is 7.98. The minimum Gasteiger partial charge on any atom is -0.374 e. The SMILES string of the molecule is CSCCC(O)(c1nccn1C)c1nccn1C. The molecule has 5 nitrogen and oxygen atoms in total. The topological polar surface area (TPSA) is 55.9 Å². The largest absolute Gasteiger partial charge is 0.374 e. The summed E-state index contributed by atoms with van der Waals surface area (Å²) in [5, 5.41) is 11.0. The normalized spacial score (nSPS) is 12.0. The summed E-state index contributed by atoms with van der Waals surface area (Å²) in [6.07, 6.45) is 9.68. The molecule has 2 heterocycles. The molecule has 0 radical (unpaired) electrons. The number of rotatable bonds is 5. The van der Waals surface area contributed by atoms with Crippen LogP contribution >= 0.6 is 11.8 Å². The van der Waals surface area contributed by atoms with E-state index in [-0.39, 0.29) is 0 Å². The maximum Gasteiger partial charge on any atom is 0.181 e. The number of hydrogen-bond donors (Lipinski definition) is 1. The predicted octanol–water partition coefficient (Wildman–Crippen LogP) is 1.14. The Labute approximate surface area is 111 Å². The standard InChI is InChI=1S/C12H18N4OS/c1-15-7-5-13-10(15)12(17,4-9-18-3)11-14-6-8-16(11)2/h5-8,17H,4,9H2,1-3H3. The molecular formula is C12H18N4OS. The molecule has 6 heteroatoms. The van der Waals surface area contributed by atoms with Gasteiger partial charge in [-0.3, -0.25) is 0 Å². The Balaban J connectivity index is 2.48. The van der Waals surface area contributed by atoms with Gasteiger partial charge >= 0.3 is 0 Å². The molecule has 2 aromatic rings. The van der Waals surface area contributed by atoms with E-state index in [0.717, 1.165) is 5.75 Å². The van der Waals surface area contributed by atoms with E-state index >= 15 is 0 Å². The summed E-state index contributed by atoms with van der Waals surface area (Å²) in [6.45, 7) is 0. The Hall–Kier alpha value is -1.27. The summed E-state index contributed by atoms with van der Waals surface area (Å²) in [4.78, 5) is 8.58. The van der Waals surface area contributed by atoms with E-state index in [1.807, 2.05) is 41.9 Å². The molecule has 2 aromatic heterocycles. The second kappa shape index (κ2) is 5.16. The fourth-order valence-electron chi connectivity index (χ4n) is 2.10. The fourth-order valence-corrected chi connectivity index (χ4v) is 2.60. The Morgan fingerprint density at radius 1 is 1.17 bits per heavy atom. The van der Waals surface area contributed by atoms with Crippen LogP contribution in [0.2, 0.25) is 0 Å². The molecule has 0 atom stereocenters. The second-order valence-electron chi connectivity index (χ2n) is 4.33. The first-order valence-electron chi connectivity index (χ1n) is 5.76. The number of aliphatic hydroxyl groups is 1. The number of thioether (sulfide) groups is 1. The summed E-state index contributed by atoms with van der Waals surface area (Å²) in [6, 6.07) is 0. The monoisotopic (exact) mass is 266 g/mol. The molecule has 0 aliphatic carbocycles. The lowest BCUT2D eigenvalue weighted by atomic mass is 9.98. The van der Waals surface area contributed by atoms with Gasteiger partial charge in [0.2, 0.25) is 0 Å². The maximum atomic E-state index is 11.0. The quantitative estimate of drug-likeness (QED) is 0.882. The smallest absolute Gasteiger partial charge is 0.181 e. The van der Waals surface area contributed by atoms with E-state index < -0.39 is 5.60 Å². The lowest BCUT2D eigenvalue weighted by molar-refractivity contribution is 0.0533. The van der Waals surface area contributed by atoms with Crippen LogP contribution in [0.1, 0.15) is 18.1 Å². The van der Waals surface area contributed by atoms with Crippen LogP contribution in [0, 0.1) is 0 Å². The first-order chi connectivity index (χ1) is 8.59. The lowest BCUT2D eigenvalue weighted by Gasteiger charge is -2.26. The Morgan fingerprint density at radius 2 is 1.67 bits per heavy atom. The van der Waals surface area contributed by atoms with E-state index in [2.05, 4.69) is 9.97 Å². The van der Waals surface area contributed by atoms with Gasteiger partial charge in [0.15, 0.2) is 5.60 Å². The van der Waals surface area contributed by atoms with Gasteiger partial charge in [-0.15, -0.1) is 0 Å². The molecule has 0 saturated carbocycles. The average molecular weight is 266 g/mol. The Kier molecular flexibility index (Phi) is 3.77. The third kappa shape index (κ3) is 2.18. The van der Waals surface area contributed by atoms with Crippen molar-refractivity contribution >= 4 is 11.8 Å². The third-order valence-corrected chi connectivity index (χ3v) is 3.66. The zero-order valence-corrected chi connectivity index (χ0v) is 11.7. The van der Waals surface area contributed by atoms with E-state index in [4.69, 9.17) is 0 Å². The molecule has 0 fully saturated rings. The summed E-state index contributed by atoms with van der Waals surface area (Å²) in [7, 11) is 3.77. The molecule has 0 aliphatic heterocycles. The van der Waals surface area contributed by atoms with Gasteiger partial charge in [-0.05, 0) is 18.4 Å². The molecule has 0 saturated heterocycles. The van der Waals surface area contributed by atoms with E-state index in [1.54, 1.807) is 24.2 Å². The number of aryl methyl sites for hydroxylation is 2. The molecule has 0 amide bonds. The molecule has 0 spiro atoms. The highest BCUT2D eigenvalue weighted by atomic mass is 32.2. The van der Waals surface area contributed by atoms with Gasteiger partial charge in [0.05, 0.1) is 0 Å². The average Bonchev–Trinajstić information content (AvgIpc) is 2.95. The maximum absolute atomic E-state index is 11.0. The van der Waals surface area contributed by atoms with Crippen LogP contribution < -0.4 is 0 Å². The van der Waals surface area contributed by atoms with Crippen molar-refractivity contribution in [2.75, 3.05) is 12.0 Å². The molecule has 2 rings (SSSR count). The second-order valence-corrected chi connectivity index (χ2v) is 5.31. The van der Waals surface area contributed by atoms with Gasteiger partial charge in [0.25, 0.3) is 0 Å². The van der Waals surface area contributed by atoms with Crippen LogP contribution in [-0.4, -0.2) is 36.2 Å². The van der Waals surface area contributed by atoms with Crippen LogP contribution in [0.15, 0.2) is 24.8 Å². The summed E-state index contributed by atoms with van der Waals surface area (Å²) in [5.41, 5.74) is -1.14. The van der Waals surface area contributed by atoms with Gasteiger partial charge in [0.1, 0.15) is 11.6 Å². The number of hydrogen-bond acceptors (Lipinski definition) is 4. The van der Waals surface area contributed by atoms with Gasteiger partial charge < -0.3 is 14.2 Å². The zero-order valence-electron chi connectivity index (χ0n) is 10.9. The van der Waals surface area contributed by atoms with Crippen molar-refractivity contribution in [3.63, 3.8) is 0 Å². The Morgan fingerprint density at radius 3 is 2.00 bits per heavy atom. The van der Waals surface area contributed by atoms with Crippen molar-refractivity contribution in [3.05, 3.63) is 36.4 Å². The number of nitrogens with zero attached hydrogens (tertiary/aromatic N) is 4. The highest BCUT2D eigenvalue weighted by Crippen LogP contribution is 2.31. The van der Waals surface area contributed by atoms with Gasteiger partial charge in [-0.25, -0.2) is 9.97 Å². The molecule has 18 heavy (non-hydrogen) atoms. The third-order valence-electron chi connectivity index (χ3n) is 3.05. The van der Waals surface area contributed by atoms with Crippen molar-refractivity contribution in [2.24, 2.45) is 14.1 Å². The molecule has 0 aromatic carbocycles. The van der Waals surface area contributed by atoms with Crippen molar-refractivity contribution in [2.45, 2.75) is 12.0 Å². The van der Waals surface area contributed by atoms with Crippen molar-refractivity contribution < 1.29 is 5.11 Å². The molecule has 0 aliphatic rings. The molecule has 0 unspecified atom stereocenters. The molecule has 98 valence electrons. The van der Waals surface area contributed by atoms with Crippen LogP contribution in [-0.2, 0) is 19.7 Å². The highest BCUT2D eigenvalue weighted by Gasteiger charge is 2.38. The van der Waals surface area contributed by atoms with E-state index in [1.165, 1.54) is 0 Å². The van der Waals surface area contributed by atoms with Crippen molar-refractivity contribution in [1.29, 1.82) is 0 Å². The number of aromatic nitrogens is 4. The van der Waals surface area contributed by atoms with Crippen LogP contribution in [0.3, 0.4) is 0 Å². The predicted molar refractivity (Wildman–Crippen MR) is 72.4 cm³/mol. The number of imidazole rings is 2. The van der Waals surface area contributed by atoms with Crippen molar-refractivity contribution in [1.82, 2.24) is 19.1 Å². The zero-order chi connectivity index (χ0) is 13.2. The van der Waals surface area contributed by atoms with Gasteiger partial charge in [-0.2, -0.15) is 11.8 Å². The van der Waals surface area contributed by atoms with Gasteiger partial charge in [0, 0.05) is 38.9 Å². The first-order valence-corrected chi connectivity index (χ1v) is 7.16. The fraction of sp³-hybridized carbons (Fsp3) is 0.500. The van der Waals surface area contributed by atoms with E-state index in [9.17, 15) is 5.11 Å². The van der Waals surface area contributed by atoms with Crippen molar-refractivity contribution in [3.8, 4) is 0 Å². The Bertz CT molecular complexity index is 479.